The summed E-state index contributed by atoms with van der Waals surface area (Å²) in [6, 6.07) is 2.12. The lowest BCUT2D eigenvalue weighted by atomic mass is 10.1. The molecule has 1 N–H and O–H groups in total. The molecule has 3 heteroatoms. The molecule has 3 nitrogen and oxygen atoms in total. The molecule has 0 aromatic carbocycles. The molecule has 120 valence electrons. The van der Waals surface area contributed by atoms with E-state index in [0.717, 1.165) is 24.5 Å². The molecule has 0 radical (unpaired) electrons. The van der Waals surface area contributed by atoms with Crippen LogP contribution >= 0.6 is 0 Å². The minimum absolute atomic E-state index is 0.0815. The molecule has 0 aliphatic heterocycles. The fourth-order valence-corrected chi connectivity index (χ4v) is 2.40. The molecule has 1 atom stereocenters. The summed E-state index contributed by atoms with van der Waals surface area (Å²) in [6.07, 6.45) is 1.23. The van der Waals surface area contributed by atoms with Gasteiger partial charge in [0.1, 0.15) is 0 Å². The summed E-state index contributed by atoms with van der Waals surface area (Å²) in [5, 5.41) is 3.53. The van der Waals surface area contributed by atoms with Crippen LogP contribution in [0.25, 0.3) is 0 Å². The Balaban J connectivity index is 2.94. The van der Waals surface area contributed by atoms with Gasteiger partial charge in [0.15, 0.2) is 0 Å². The molecular formula is C18H32N2O. The lowest BCUT2D eigenvalue weighted by Crippen LogP contribution is -2.35. The second-order valence-electron chi connectivity index (χ2n) is 7.53. The summed E-state index contributed by atoms with van der Waals surface area (Å²) in [7, 11) is 0. The van der Waals surface area contributed by atoms with Gasteiger partial charge in [0.05, 0.1) is 6.10 Å². The first kappa shape index (κ1) is 18.0. The molecule has 0 saturated heterocycles. The van der Waals surface area contributed by atoms with Gasteiger partial charge in [0, 0.05) is 23.3 Å². The summed E-state index contributed by atoms with van der Waals surface area (Å²) in [6.45, 7) is 18.0. The molecule has 0 spiro atoms. The van der Waals surface area contributed by atoms with Crippen molar-refractivity contribution in [2.75, 3.05) is 0 Å². The molecular weight excluding hydrogens is 260 g/mol. The lowest BCUT2D eigenvalue weighted by Gasteiger charge is -2.24. The first-order valence-electron chi connectivity index (χ1n) is 7.97. The van der Waals surface area contributed by atoms with Crippen molar-refractivity contribution >= 4 is 0 Å². The summed E-state index contributed by atoms with van der Waals surface area (Å²) < 4.78 is 6.13. The Labute approximate surface area is 130 Å². The predicted octanol–water partition coefficient (Wildman–Crippen LogP) is 4.40. The molecule has 0 saturated carbocycles. The number of nitrogens with zero attached hydrogens (tertiary/aromatic N) is 1. The Morgan fingerprint density at radius 3 is 2.33 bits per heavy atom. The summed E-state index contributed by atoms with van der Waals surface area (Å²) in [5.74, 6) is 1.42. The zero-order chi connectivity index (χ0) is 16.2. The summed E-state index contributed by atoms with van der Waals surface area (Å²) >= 11 is 0. The van der Waals surface area contributed by atoms with Crippen LogP contribution in [-0.4, -0.2) is 16.6 Å². The van der Waals surface area contributed by atoms with E-state index in [1.165, 1.54) is 11.1 Å². The van der Waals surface area contributed by atoms with Crippen molar-refractivity contribution in [1.82, 2.24) is 10.3 Å². The number of hydrogen-bond acceptors (Lipinski definition) is 3. The van der Waals surface area contributed by atoms with E-state index in [1.807, 2.05) is 6.92 Å². The SMILES string of the molecule is Cc1cc(C)c(CNC(C)(C)C)c(OC(C)CC(C)C)n1. The number of nitrogens with one attached hydrogen (secondary N) is 1. The van der Waals surface area contributed by atoms with Gasteiger partial charge < -0.3 is 10.1 Å². The molecule has 21 heavy (non-hydrogen) atoms. The lowest BCUT2D eigenvalue weighted by molar-refractivity contribution is 0.182. The van der Waals surface area contributed by atoms with E-state index in [4.69, 9.17) is 4.74 Å². The highest BCUT2D eigenvalue weighted by atomic mass is 16.5. The van der Waals surface area contributed by atoms with Crippen LogP contribution in [0, 0.1) is 19.8 Å². The summed E-state index contributed by atoms with van der Waals surface area (Å²) in [5.41, 5.74) is 3.51. The fraction of sp³-hybridized carbons (Fsp3) is 0.722. The zero-order valence-electron chi connectivity index (χ0n) is 15.0. The van der Waals surface area contributed by atoms with E-state index in [2.05, 4.69) is 64.8 Å². The molecule has 1 aromatic heterocycles. The minimum Gasteiger partial charge on any atom is -0.474 e. The highest BCUT2D eigenvalue weighted by molar-refractivity contribution is 5.36. The van der Waals surface area contributed by atoms with Crippen LogP contribution in [0.3, 0.4) is 0 Å². The first-order valence-corrected chi connectivity index (χ1v) is 7.97. The maximum atomic E-state index is 6.13. The van der Waals surface area contributed by atoms with Crippen molar-refractivity contribution in [2.24, 2.45) is 5.92 Å². The highest BCUT2D eigenvalue weighted by Crippen LogP contribution is 2.24. The van der Waals surface area contributed by atoms with Gasteiger partial charge in [-0.2, -0.15) is 0 Å². The van der Waals surface area contributed by atoms with Crippen LogP contribution in [-0.2, 0) is 6.54 Å². The maximum Gasteiger partial charge on any atom is 0.218 e. The van der Waals surface area contributed by atoms with Crippen molar-refractivity contribution in [3.05, 3.63) is 22.9 Å². The third-order valence-corrected chi connectivity index (χ3v) is 3.35. The van der Waals surface area contributed by atoms with Crippen LogP contribution in [0.5, 0.6) is 5.88 Å². The van der Waals surface area contributed by atoms with Crippen molar-refractivity contribution in [1.29, 1.82) is 0 Å². The van der Waals surface area contributed by atoms with Gasteiger partial charge in [0.2, 0.25) is 5.88 Å². The number of pyridine rings is 1. The van der Waals surface area contributed by atoms with Crippen molar-refractivity contribution in [3.8, 4) is 5.88 Å². The Hall–Kier alpha value is -1.09. The molecule has 1 aromatic rings. The Bertz CT molecular complexity index is 461. The summed E-state index contributed by atoms with van der Waals surface area (Å²) in [4.78, 5) is 4.62. The van der Waals surface area contributed by atoms with E-state index in [1.54, 1.807) is 0 Å². The fourth-order valence-electron chi connectivity index (χ4n) is 2.40. The maximum absolute atomic E-state index is 6.13. The largest absolute Gasteiger partial charge is 0.474 e. The molecule has 0 fully saturated rings. The third-order valence-electron chi connectivity index (χ3n) is 3.35. The number of aromatic nitrogens is 1. The predicted molar refractivity (Wildman–Crippen MR) is 89.8 cm³/mol. The smallest absolute Gasteiger partial charge is 0.218 e. The van der Waals surface area contributed by atoms with Crippen LogP contribution in [0.2, 0.25) is 0 Å². The van der Waals surface area contributed by atoms with Crippen LogP contribution in [0.1, 0.15) is 64.8 Å². The Kier molecular flexibility index (Phi) is 6.21. The van der Waals surface area contributed by atoms with Crippen molar-refractivity contribution in [3.63, 3.8) is 0 Å². The molecule has 1 unspecified atom stereocenters. The number of ether oxygens (including phenoxy) is 1. The van der Waals surface area contributed by atoms with E-state index in [-0.39, 0.29) is 11.6 Å². The quantitative estimate of drug-likeness (QED) is 0.844. The van der Waals surface area contributed by atoms with Gasteiger partial charge in [0.25, 0.3) is 0 Å². The minimum atomic E-state index is 0.0815. The molecule has 0 bridgehead atoms. The number of aryl methyl sites for hydroxylation is 2. The molecule has 1 rings (SSSR count). The Morgan fingerprint density at radius 2 is 1.81 bits per heavy atom. The van der Waals surface area contributed by atoms with Gasteiger partial charge in [-0.3, -0.25) is 0 Å². The highest BCUT2D eigenvalue weighted by Gasteiger charge is 2.16. The average Bonchev–Trinajstić information content (AvgIpc) is 2.24. The topological polar surface area (TPSA) is 34.1 Å². The van der Waals surface area contributed by atoms with Gasteiger partial charge in [-0.05, 0) is 65.5 Å². The first-order chi connectivity index (χ1) is 9.58. The second kappa shape index (κ2) is 7.26. The molecule has 0 aliphatic carbocycles. The van der Waals surface area contributed by atoms with Crippen molar-refractivity contribution < 1.29 is 4.74 Å². The third kappa shape index (κ3) is 6.47. The number of rotatable bonds is 6. The molecule has 0 aliphatic rings. The average molecular weight is 292 g/mol. The van der Waals surface area contributed by atoms with Gasteiger partial charge >= 0.3 is 0 Å². The van der Waals surface area contributed by atoms with Crippen LogP contribution < -0.4 is 10.1 Å². The normalized spacial score (nSPS) is 13.6. The standard InChI is InChI=1S/C18H32N2O/c1-12(2)9-15(5)21-17-16(11-19-18(6,7)8)13(3)10-14(4)20-17/h10,12,15,19H,9,11H2,1-8H3. The van der Waals surface area contributed by atoms with E-state index in [9.17, 15) is 0 Å². The Morgan fingerprint density at radius 1 is 1.19 bits per heavy atom. The van der Waals surface area contributed by atoms with Crippen LogP contribution in [0.4, 0.5) is 0 Å². The van der Waals surface area contributed by atoms with Crippen molar-refractivity contribution in [2.45, 2.75) is 80.0 Å². The van der Waals surface area contributed by atoms with E-state index in [0.29, 0.717) is 5.92 Å². The van der Waals surface area contributed by atoms with Crippen LogP contribution in [0.15, 0.2) is 6.07 Å². The second-order valence-corrected chi connectivity index (χ2v) is 7.53. The monoisotopic (exact) mass is 292 g/mol. The number of hydrogen-bond donors (Lipinski definition) is 1. The van der Waals surface area contributed by atoms with Gasteiger partial charge in [-0.15, -0.1) is 0 Å². The van der Waals surface area contributed by atoms with Gasteiger partial charge in [-0.25, -0.2) is 4.98 Å². The molecule has 0 amide bonds. The van der Waals surface area contributed by atoms with E-state index >= 15 is 0 Å². The zero-order valence-corrected chi connectivity index (χ0v) is 15.0. The van der Waals surface area contributed by atoms with Gasteiger partial charge in [-0.1, -0.05) is 13.8 Å². The molecule has 1 heterocycles. The van der Waals surface area contributed by atoms with E-state index < -0.39 is 0 Å².